The summed E-state index contributed by atoms with van der Waals surface area (Å²) in [6, 6.07) is 10.3. The summed E-state index contributed by atoms with van der Waals surface area (Å²) in [7, 11) is 0. The molecule has 2 N–H and O–H groups in total. The number of rotatable bonds is 6. The first-order valence-electron chi connectivity index (χ1n) is 6.89. The predicted molar refractivity (Wildman–Crippen MR) is 79.7 cm³/mol. The molecule has 0 saturated carbocycles. The number of fused-ring (bicyclic) bond motifs is 1. The Bertz CT molecular complexity index is 695. The van der Waals surface area contributed by atoms with Crippen LogP contribution in [-0.4, -0.2) is 38.1 Å². The smallest absolute Gasteiger partial charge is 0.199 e. The average molecular weight is 283 g/mol. The summed E-state index contributed by atoms with van der Waals surface area (Å²) >= 11 is 0. The van der Waals surface area contributed by atoms with Gasteiger partial charge in [0.15, 0.2) is 11.5 Å². The van der Waals surface area contributed by atoms with Crippen LogP contribution in [0, 0.1) is 0 Å². The highest BCUT2D eigenvalue weighted by Gasteiger charge is 2.12. The van der Waals surface area contributed by atoms with Crippen molar-refractivity contribution in [2.75, 3.05) is 18.0 Å². The Morgan fingerprint density at radius 3 is 2.81 bits per heavy atom. The van der Waals surface area contributed by atoms with E-state index in [0.717, 1.165) is 25.3 Å². The molecule has 7 heteroatoms. The fourth-order valence-electron chi connectivity index (χ4n) is 2.24. The van der Waals surface area contributed by atoms with Crippen LogP contribution in [0.2, 0.25) is 0 Å². The first-order chi connectivity index (χ1) is 10.4. The molecular formula is C14H17N7. The van der Waals surface area contributed by atoms with Crippen LogP contribution in [0.25, 0.3) is 5.65 Å². The van der Waals surface area contributed by atoms with Crippen molar-refractivity contribution in [1.29, 1.82) is 0 Å². The lowest BCUT2D eigenvalue weighted by atomic mass is 10.2. The Labute approximate surface area is 122 Å². The summed E-state index contributed by atoms with van der Waals surface area (Å²) in [4.78, 5) is 6.41. The summed E-state index contributed by atoms with van der Waals surface area (Å²) in [5.74, 6) is 0.870. The zero-order valence-electron chi connectivity index (χ0n) is 11.6. The van der Waals surface area contributed by atoms with Crippen molar-refractivity contribution >= 4 is 11.5 Å². The minimum absolute atomic E-state index is 0.637. The lowest BCUT2D eigenvalue weighted by molar-refractivity contribution is 0.699. The molecule has 108 valence electrons. The zero-order chi connectivity index (χ0) is 14.5. The van der Waals surface area contributed by atoms with E-state index in [-0.39, 0.29) is 0 Å². The van der Waals surface area contributed by atoms with E-state index < -0.39 is 0 Å². The lowest BCUT2D eigenvalue weighted by Crippen LogP contribution is -2.28. The van der Waals surface area contributed by atoms with Gasteiger partial charge in [0.25, 0.3) is 0 Å². The monoisotopic (exact) mass is 283 g/mol. The maximum absolute atomic E-state index is 5.65. The topological polar surface area (TPSA) is 85.2 Å². The fraction of sp³-hybridized carbons (Fsp3) is 0.286. The van der Waals surface area contributed by atoms with E-state index in [9.17, 15) is 0 Å². The fourth-order valence-corrected chi connectivity index (χ4v) is 2.24. The summed E-state index contributed by atoms with van der Waals surface area (Å²) in [5.41, 5.74) is 7.51. The molecule has 3 aromatic rings. The first kappa shape index (κ1) is 13.4. The van der Waals surface area contributed by atoms with Gasteiger partial charge >= 0.3 is 0 Å². The maximum Gasteiger partial charge on any atom is 0.199 e. The van der Waals surface area contributed by atoms with Crippen molar-refractivity contribution in [2.45, 2.75) is 13.0 Å². The van der Waals surface area contributed by atoms with Crippen molar-refractivity contribution in [2.24, 2.45) is 5.73 Å². The average Bonchev–Trinajstić information content (AvgIpc) is 3.01. The summed E-state index contributed by atoms with van der Waals surface area (Å²) in [5, 5.41) is 11.7. The van der Waals surface area contributed by atoms with Crippen LogP contribution in [-0.2, 0) is 6.54 Å². The van der Waals surface area contributed by atoms with Crippen molar-refractivity contribution in [1.82, 2.24) is 25.0 Å². The SMILES string of the molecule is NCCCN(Cc1ccccc1)c1cncc2nnnn12. The van der Waals surface area contributed by atoms with Crippen molar-refractivity contribution in [3.05, 3.63) is 48.3 Å². The molecule has 0 aliphatic rings. The van der Waals surface area contributed by atoms with Gasteiger partial charge in [0, 0.05) is 13.1 Å². The van der Waals surface area contributed by atoms with Gasteiger partial charge in [-0.05, 0) is 29.0 Å². The summed E-state index contributed by atoms with van der Waals surface area (Å²) in [6.45, 7) is 2.23. The second-order valence-electron chi connectivity index (χ2n) is 4.76. The van der Waals surface area contributed by atoms with Gasteiger partial charge in [0.2, 0.25) is 0 Å². The van der Waals surface area contributed by atoms with Gasteiger partial charge in [-0.15, -0.1) is 5.10 Å². The second kappa shape index (κ2) is 6.27. The quantitative estimate of drug-likeness (QED) is 0.722. The van der Waals surface area contributed by atoms with Crippen LogP contribution >= 0.6 is 0 Å². The molecule has 0 aliphatic heterocycles. The number of benzene rings is 1. The Balaban J connectivity index is 1.93. The zero-order valence-corrected chi connectivity index (χ0v) is 11.6. The Morgan fingerprint density at radius 2 is 2.00 bits per heavy atom. The van der Waals surface area contributed by atoms with Crippen LogP contribution in [0.1, 0.15) is 12.0 Å². The molecule has 0 radical (unpaired) electrons. The Kier molecular flexibility index (Phi) is 4.02. The van der Waals surface area contributed by atoms with E-state index in [0.29, 0.717) is 12.2 Å². The predicted octanol–water partition coefficient (Wildman–Crippen LogP) is 0.875. The molecule has 21 heavy (non-hydrogen) atoms. The minimum Gasteiger partial charge on any atom is -0.351 e. The van der Waals surface area contributed by atoms with Gasteiger partial charge in [-0.1, -0.05) is 30.3 Å². The van der Waals surface area contributed by atoms with Crippen LogP contribution in [0.15, 0.2) is 42.7 Å². The molecule has 0 spiro atoms. The molecule has 0 aliphatic carbocycles. The molecule has 0 bridgehead atoms. The van der Waals surface area contributed by atoms with Crippen LogP contribution in [0.5, 0.6) is 0 Å². The third-order valence-corrected chi connectivity index (χ3v) is 3.26. The van der Waals surface area contributed by atoms with Gasteiger partial charge in [-0.25, -0.2) is 0 Å². The number of tetrazole rings is 1. The first-order valence-corrected chi connectivity index (χ1v) is 6.89. The number of nitrogens with zero attached hydrogens (tertiary/aromatic N) is 6. The summed E-state index contributed by atoms with van der Waals surface area (Å²) < 4.78 is 1.70. The van der Waals surface area contributed by atoms with Gasteiger partial charge in [-0.2, -0.15) is 4.52 Å². The molecule has 0 fully saturated rings. The molecule has 2 heterocycles. The van der Waals surface area contributed by atoms with Gasteiger partial charge in [0.1, 0.15) is 0 Å². The maximum atomic E-state index is 5.65. The summed E-state index contributed by atoms with van der Waals surface area (Å²) in [6.07, 6.45) is 4.32. The molecule has 3 rings (SSSR count). The molecule has 0 saturated heterocycles. The molecule has 0 unspecified atom stereocenters. The standard InChI is InChI=1S/C14H17N7/c15-7-4-8-20(11-12-5-2-1-3-6-12)14-10-16-9-13-17-18-19-21(13)14/h1-3,5-6,9-10H,4,7-8,11,15H2. The van der Waals surface area contributed by atoms with E-state index in [1.165, 1.54) is 5.56 Å². The number of nitrogens with two attached hydrogens (primary N) is 1. The number of anilines is 1. The molecule has 7 nitrogen and oxygen atoms in total. The minimum atomic E-state index is 0.637. The highest BCUT2D eigenvalue weighted by molar-refractivity contribution is 5.46. The molecule has 0 amide bonds. The van der Waals surface area contributed by atoms with E-state index in [2.05, 4.69) is 37.5 Å². The van der Waals surface area contributed by atoms with Crippen LogP contribution in [0.4, 0.5) is 5.82 Å². The molecule has 0 atom stereocenters. The highest BCUT2D eigenvalue weighted by atomic mass is 15.5. The number of hydrogen-bond donors (Lipinski definition) is 1. The van der Waals surface area contributed by atoms with E-state index in [4.69, 9.17) is 5.73 Å². The van der Waals surface area contributed by atoms with E-state index >= 15 is 0 Å². The molecular weight excluding hydrogens is 266 g/mol. The van der Waals surface area contributed by atoms with Crippen LogP contribution in [0.3, 0.4) is 0 Å². The highest BCUT2D eigenvalue weighted by Crippen LogP contribution is 2.16. The number of hydrogen-bond acceptors (Lipinski definition) is 6. The van der Waals surface area contributed by atoms with E-state index in [1.54, 1.807) is 16.9 Å². The normalized spacial score (nSPS) is 10.9. The molecule has 2 aromatic heterocycles. The van der Waals surface area contributed by atoms with Crippen molar-refractivity contribution < 1.29 is 0 Å². The Morgan fingerprint density at radius 1 is 1.14 bits per heavy atom. The third kappa shape index (κ3) is 2.97. The van der Waals surface area contributed by atoms with Crippen molar-refractivity contribution in [3.8, 4) is 0 Å². The second-order valence-corrected chi connectivity index (χ2v) is 4.76. The van der Waals surface area contributed by atoms with Gasteiger partial charge in [-0.3, -0.25) is 4.98 Å². The molecule has 1 aromatic carbocycles. The lowest BCUT2D eigenvalue weighted by Gasteiger charge is -2.24. The number of aromatic nitrogens is 5. The Hall–Kier alpha value is -2.54. The van der Waals surface area contributed by atoms with Crippen molar-refractivity contribution in [3.63, 3.8) is 0 Å². The van der Waals surface area contributed by atoms with Gasteiger partial charge in [0.05, 0.1) is 12.4 Å². The van der Waals surface area contributed by atoms with Crippen LogP contribution < -0.4 is 10.6 Å². The largest absolute Gasteiger partial charge is 0.351 e. The van der Waals surface area contributed by atoms with Gasteiger partial charge < -0.3 is 10.6 Å². The third-order valence-electron chi connectivity index (χ3n) is 3.26. The van der Waals surface area contributed by atoms with E-state index in [1.807, 2.05) is 18.2 Å².